The first-order chi connectivity index (χ1) is 16.3. The third kappa shape index (κ3) is 29.4. The van der Waals surface area contributed by atoms with Crippen LogP contribution in [0.15, 0.2) is 12.2 Å². The number of unbranched alkanes of at least 4 members (excludes halogenated alkanes) is 22. The fraction of sp³-hybridized carbons (Fsp3) is 0.906. The molecule has 0 heterocycles. The maximum absolute atomic E-state index is 12.0. The van der Waals surface area contributed by atoms with Crippen LogP contribution in [0.3, 0.4) is 0 Å². The second-order valence-corrected chi connectivity index (χ2v) is 10.5. The maximum atomic E-state index is 12.0. The third-order valence-electron chi connectivity index (χ3n) is 7.03. The van der Waals surface area contributed by atoms with Gasteiger partial charge in [0.25, 0.3) is 0 Å². The van der Waals surface area contributed by atoms with Gasteiger partial charge in [-0.15, -0.1) is 0 Å². The Kier molecular flexibility index (Phi) is 28.9. The second kappa shape index (κ2) is 29.4. The van der Waals surface area contributed by atoms with Gasteiger partial charge in [0.1, 0.15) is 5.78 Å². The van der Waals surface area contributed by atoms with Crippen LogP contribution in [0.4, 0.5) is 0 Å². The predicted molar refractivity (Wildman–Crippen MR) is 150 cm³/mol. The summed E-state index contributed by atoms with van der Waals surface area (Å²) in [7, 11) is 0. The summed E-state index contributed by atoms with van der Waals surface area (Å²) in [5, 5.41) is 0. The zero-order valence-electron chi connectivity index (χ0n) is 23.2. The number of Topliss-reactive ketones (excluding diaryl/α,β-unsaturated/α-hetero) is 1. The molecule has 0 N–H and O–H groups in total. The lowest BCUT2D eigenvalue weighted by atomic mass is 10.0. The van der Waals surface area contributed by atoms with Crippen LogP contribution < -0.4 is 0 Å². The molecule has 0 saturated carbocycles. The minimum absolute atomic E-state index is 0.514. The molecule has 0 bridgehead atoms. The minimum Gasteiger partial charge on any atom is -0.300 e. The van der Waals surface area contributed by atoms with Gasteiger partial charge in [0.05, 0.1) is 0 Å². The number of allylic oxidation sites excluding steroid dienone is 2. The van der Waals surface area contributed by atoms with E-state index in [2.05, 4.69) is 26.0 Å². The molecule has 33 heavy (non-hydrogen) atoms. The van der Waals surface area contributed by atoms with Crippen molar-refractivity contribution >= 4 is 5.78 Å². The van der Waals surface area contributed by atoms with Crippen molar-refractivity contribution in [2.45, 2.75) is 187 Å². The van der Waals surface area contributed by atoms with Gasteiger partial charge in [0.15, 0.2) is 0 Å². The van der Waals surface area contributed by atoms with Crippen LogP contribution in [-0.4, -0.2) is 5.78 Å². The van der Waals surface area contributed by atoms with E-state index in [1.165, 1.54) is 148 Å². The van der Waals surface area contributed by atoms with Crippen LogP contribution in [0, 0.1) is 0 Å². The van der Waals surface area contributed by atoms with Crippen LogP contribution in [-0.2, 0) is 4.79 Å². The Balaban J connectivity index is 3.19. The van der Waals surface area contributed by atoms with Gasteiger partial charge in [-0.1, -0.05) is 148 Å². The van der Waals surface area contributed by atoms with Crippen molar-refractivity contribution in [3.05, 3.63) is 12.2 Å². The number of hydrogen-bond donors (Lipinski definition) is 0. The Morgan fingerprint density at radius 3 is 1.00 bits per heavy atom. The fourth-order valence-corrected chi connectivity index (χ4v) is 4.68. The first-order valence-electron chi connectivity index (χ1n) is 15.5. The molecule has 1 heteroatoms. The molecule has 0 fully saturated rings. The molecule has 0 aliphatic rings. The van der Waals surface area contributed by atoms with E-state index < -0.39 is 0 Å². The zero-order valence-corrected chi connectivity index (χ0v) is 23.2. The Morgan fingerprint density at radius 2 is 0.667 bits per heavy atom. The van der Waals surface area contributed by atoms with Gasteiger partial charge < -0.3 is 0 Å². The molecule has 0 aliphatic heterocycles. The molecule has 0 unspecified atom stereocenters. The van der Waals surface area contributed by atoms with E-state index in [0.717, 1.165) is 25.7 Å². The summed E-state index contributed by atoms with van der Waals surface area (Å²) in [6.45, 7) is 4.57. The summed E-state index contributed by atoms with van der Waals surface area (Å²) in [6, 6.07) is 0. The highest BCUT2D eigenvalue weighted by Crippen LogP contribution is 2.14. The number of carbonyl (C=O) groups is 1. The molecule has 0 aromatic heterocycles. The first kappa shape index (κ1) is 32.4. The van der Waals surface area contributed by atoms with Gasteiger partial charge in [-0.3, -0.25) is 4.79 Å². The summed E-state index contributed by atoms with van der Waals surface area (Å²) in [4.78, 5) is 12.0. The van der Waals surface area contributed by atoms with Crippen LogP contribution in [0.2, 0.25) is 0 Å². The zero-order chi connectivity index (χ0) is 24.1. The summed E-state index contributed by atoms with van der Waals surface area (Å²) < 4.78 is 0. The number of ketones is 1. The molecule has 0 rings (SSSR count). The highest BCUT2D eigenvalue weighted by Gasteiger charge is 2.02. The van der Waals surface area contributed by atoms with Crippen molar-refractivity contribution in [1.82, 2.24) is 0 Å². The van der Waals surface area contributed by atoms with Gasteiger partial charge in [0.2, 0.25) is 0 Å². The molecule has 0 aromatic rings. The van der Waals surface area contributed by atoms with E-state index in [4.69, 9.17) is 0 Å². The average molecular weight is 463 g/mol. The average Bonchev–Trinajstić information content (AvgIpc) is 2.82. The molecule has 0 amide bonds. The minimum atomic E-state index is 0.514. The van der Waals surface area contributed by atoms with Crippen molar-refractivity contribution in [2.75, 3.05) is 0 Å². The lowest BCUT2D eigenvalue weighted by Gasteiger charge is -2.03. The van der Waals surface area contributed by atoms with Gasteiger partial charge in [-0.05, 0) is 38.5 Å². The quantitative estimate of drug-likeness (QED) is 0.0834. The van der Waals surface area contributed by atoms with E-state index in [1.54, 1.807) is 0 Å². The Hall–Kier alpha value is -0.590. The van der Waals surface area contributed by atoms with Crippen molar-refractivity contribution in [2.24, 2.45) is 0 Å². The van der Waals surface area contributed by atoms with Gasteiger partial charge in [-0.25, -0.2) is 0 Å². The molecule has 1 nitrogen and oxygen atoms in total. The van der Waals surface area contributed by atoms with Crippen molar-refractivity contribution in [3.63, 3.8) is 0 Å². The van der Waals surface area contributed by atoms with Crippen LogP contribution in [0.1, 0.15) is 187 Å². The van der Waals surface area contributed by atoms with Gasteiger partial charge in [0, 0.05) is 12.8 Å². The monoisotopic (exact) mass is 462 g/mol. The number of hydrogen-bond acceptors (Lipinski definition) is 1. The standard InChI is InChI=1S/C32H62O/c1-3-5-7-9-11-13-15-17-18-19-21-23-25-27-29-31-32(33)30-28-26-24-22-20-16-14-12-10-8-6-4-2/h17-18H,3-16,19-31H2,1-2H3/b18-17-. The SMILES string of the molecule is CCCCCCCC/C=C\CCCCCCCC(=O)CCCCCCCCCCCCCC. The largest absolute Gasteiger partial charge is 0.300 e. The Labute approximate surface area is 210 Å². The molecular weight excluding hydrogens is 400 g/mol. The summed E-state index contributed by atoms with van der Waals surface area (Å²) in [5.41, 5.74) is 0. The molecular formula is C32H62O. The number of rotatable bonds is 28. The van der Waals surface area contributed by atoms with E-state index in [0.29, 0.717) is 5.78 Å². The fourth-order valence-electron chi connectivity index (χ4n) is 4.68. The van der Waals surface area contributed by atoms with E-state index >= 15 is 0 Å². The smallest absolute Gasteiger partial charge is 0.132 e. The van der Waals surface area contributed by atoms with Crippen molar-refractivity contribution in [1.29, 1.82) is 0 Å². The third-order valence-corrected chi connectivity index (χ3v) is 7.03. The predicted octanol–water partition coefficient (Wildman–Crippen LogP) is 11.7. The highest BCUT2D eigenvalue weighted by atomic mass is 16.1. The Bertz CT molecular complexity index is 397. The molecule has 196 valence electrons. The highest BCUT2D eigenvalue weighted by molar-refractivity contribution is 5.78. The topological polar surface area (TPSA) is 17.1 Å². The molecule has 0 spiro atoms. The summed E-state index contributed by atoms with van der Waals surface area (Å²) in [5.74, 6) is 0.514. The van der Waals surface area contributed by atoms with Gasteiger partial charge >= 0.3 is 0 Å². The van der Waals surface area contributed by atoms with Crippen LogP contribution in [0.5, 0.6) is 0 Å². The molecule has 0 saturated heterocycles. The maximum Gasteiger partial charge on any atom is 0.132 e. The molecule has 0 atom stereocenters. The second-order valence-electron chi connectivity index (χ2n) is 10.5. The van der Waals surface area contributed by atoms with E-state index in [-0.39, 0.29) is 0 Å². The molecule has 0 radical (unpaired) electrons. The van der Waals surface area contributed by atoms with Crippen LogP contribution in [0.25, 0.3) is 0 Å². The number of carbonyl (C=O) groups excluding carboxylic acids is 1. The van der Waals surface area contributed by atoms with Gasteiger partial charge in [-0.2, -0.15) is 0 Å². The summed E-state index contributed by atoms with van der Waals surface area (Å²) >= 11 is 0. The normalized spacial score (nSPS) is 11.6. The Morgan fingerprint density at radius 1 is 0.394 bits per heavy atom. The van der Waals surface area contributed by atoms with Crippen molar-refractivity contribution in [3.8, 4) is 0 Å². The van der Waals surface area contributed by atoms with E-state index in [1.807, 2.05) is 0 Å². The van der Waals surface area contributed by atoms with Crippen LogP contribution >= 0.6 is 0 Å². The van der Waals surface area contributed by atoms with Crippen molar-refractivity contribution < 1.29 is 4.79 Å². The van der Waals surface area contributed by atoms with E-state index in [9.17, 15) is 4.79 Å². The molecule has 0 aliphatic carbocycles. The molecule has 0 aromatic carbocycles. The first-order valence-corrected chi connectivity index (χ1v) is 15.5. The lowest BCUT2D eigenvalue weighted by Crippen LogP contribution is -1.97. The summed E-state index contributed by atoms with van der Waals surface area (Å²) in [6.07, 6.45) is 40.0. The lowest BCUT2D eigenvalue weighted by molar-refractivity contribution is -0.119.